The number of carbonyl (C=O) groups is 2. The van der Waals surface area contributed by atoms with E-state index >= 15 is 0 Å². The Hall–Kier alpha value is -2.41. The number of carboxylic acid groups (broad SMARTS) is 1. The first kappa shape index (κ1) is 16.4. The second-order valence-electron chi connectivity index (χ2n) is 5.58. The van der Waals surface area contributed by atoms with Gasteiger partial charge in [0.1, 0.15) is 5.75 Å². The topological polar surface area (TPSA) is 79.7 Å². The molecule has 1 aromatic carbocycles. The van der Waals surface area contributed by atoms with Crippen molar-refractivity contribution in [2.75, 3.05) is 11.4 Å². The molecule has 0 saturated carbocycles. The molecule has 126 valence electrons. The van der Waals surface area contributed by atoms with Gasteiger partial charge < -0.3 is 14.7 Å². The molecule has 1 amide bonds. The van der Waals surface area contributed by atoms with Crippen LogP contribution >= 0.6 is 11.3 Å². The summed E-state index contributed by atoms with van der Waals surface area (Å²) in [6, 6.07) is 5.57. The van der Waals surface area contributed by atoms with E-state index in [1.54, 1.807) is 11.3 Å². The van der Waals surface area contributed by atoms with Crippen LogP contribution in [0.2, 0.25) is 0 Å². The summed E-state index contributed by atoms with van der Waals surface area (Å²) in [4.78, 5) is 29.5. The average molecular weight is 346 g/mol. The van der Waals surface area contributed by atoms with Crippen molar-refractivity contribution in [2.24, 2.45) is 0 Å². The second kappa shape index (κ2) is 6.60. The lowest BCUT2D eigenvalue weighted by molar-refractivity contribution is -0.136. The number of fused-ring (bicyclic) bond motifs is 1. The summed E-state index contributed by atoms with van der Waals surface area (Å²) in [7, 11) is 0. The Morgan fingerprint density at radius 3 is 2.88 bits per heavy atom. The normalized spacial score (nSPS) is 16.7. The molecule has 0 radical (unpaired) electrons. The lowest BCUT2D eigenvalue weighted by atomic mass is 10.1. The van der Waals surface area contributed by atoms with Crippen LogP contribution in [-0.4, -0.2) is 34.6 Å². The predicted octanol–water partition coefficient (Wildman–Crippen LogP) is 3.10. The minimum atomic E-state index is -0.935. The van der Waals surface area contributed by atoms with Crippen molar-refractivity contribution in [2.45, 2.75) is 32.8 Å². The molecule has 6 nitrogen and oxygen atoms in total. The smallest absolute Gasteiger partial charge is 0.305 e. The van der Waals surface area contributed by atoms with E-state index in [9.17, 15) is 9.59 Å². The van der Waals surface area contributed by atoms with Gasteiger partial charge in [-0.25, -0.2) is 4.98 Å². The maximum Gasteiger partial charge on any atom is 0.305 e. The van der Waals surface area contributed by atoms with Crippen molar-refractivity contribution in [1.29, 1.82) is 0 Å². The molecule has 3 rings (SSSR count). The number of aryl methyl sites for hydroxylation is 1. The summed E-state index contributed by atoms with van der Waals surface area (Å²) in [5.41, 5.74) is 2.32. The third-order valence-electron chi connectivity index (χ3n) is 3.90. The number of aliphatic carboxylic acids is 1. The van der Waals surface area contributed by atoms with Gasteiger partial charge in [-0.3, -0.25) is 9.59 Å². The molecule has 24 heavy (non-hydrogen) atoms. The fourth-order valence-electron chi connectivity index (χ4n) is 2.68. The van der Waals surface area contributed by atoms with E-state index in [-0.39, 0.29) is 18.9 Å². The molecule has 1 aliphatic rings. The van der Waals surface area contributed by atoms with E-state index in [4.69, 9.17) is 9.84 Å². The zero-order valence-corrected chi connectivity index (χ0v) is 14.3. The highest BCUT2D eigenvalue weighted by atomic mass is 32.1. The maximum absolute atomic E-state index is 12.6. The number of ether oxygens (including phenoxy) is 1. The Morgan fingerprint density at radius 1 is 1.46 bits per heavy atom. The second-order valence-corrected chi connectivity index (χ2v) is 6.64. The fourth-order valence-corrected chi connectivity index (χ4v) is 3.30. The van der Waals surface area contributed by atoms with Crippen LogP contribution < -0.4 is 9.64 Å². The van der Waals surface area contributed by atoms with Crippen LogP contribution in [0.15, 0.2) is 23.6 Å². The number of hydrogen-bond acceptors (Lipinski definition) is 5. The van der Waals surface area contributed by atoms with Gasteiger partial charge >= 0.3 is 5.97 Å². The molecule has 7 heteroatoms. The summed E-state index contributed by atoms with van der Waals surface area (Å²) < 4.78 is 5.77. The number of rotatable bonds is 5. The SMILES string of the molecule is CCC1Oc2ccc(-c3csc(C)n3)cc2N(CCC(=O)O)C1=O. The lowest BCUT2D eigenvalue weighted by Crippen LogP contribution is -2.46. The number of thiazole rings is 1. The molecule has 0 aliphatic carbocycles. The van der Waals surface area contributed by atoms with E-state index in [1.807, 2.05) is 37.4 Å². The van der Waals surface area contributed by atoms with Gasteiger partial charge in [-0.05, 0) is 31.5 Å². The molecule has 0 fully saturated rings. The minimum absolute atomic E-state index is 0.109. The van der Waals surface area contributed by atoms with Crippen LogP contribution in [-0.2, 0) is 9.59 Å². The predicted molar refractivity (Wildman–Crippen MR) is 91.6 cm³/mol. The number of anilines is 1. The summed E-state index contributed by atoms with van der Waals surface area (Å²) in [6.45, 7) is 3.93. The van der Waals surface area contributed by atoms with Crippen molar-refractivity contribution in [3.8, 4) is 17.0 Å². The summed E-state index contributed by atoms with van der Waals surface area (Å²) in [6.07, 6.45) is -0.144. The number of benzene rings is 1. The van der Waals surface area contributed by atoms with E-state index in [0.717, 1.165) is 16.3 Å². The molecule has 1 unspecified atom stereocenters. The monoisotopic (exact) mass is 346 g/mol. The van der Waals surface area contributed by atoms with Gasteiger partial charge in [0.2, 0.25) is 0 Å². The highest BCUT2D eigenvalue weighted by Crippen LogP contribution is 2.38. The third kappa shape index (κ3) is 3.12. The molecular weight excluding hydrogens is 328 g/mol. The number of nitrogens with zero attached hydrogens (tertiary/aromatic N) is 2. The Labute approximate surface area is 143 Å². The van der Waals surface area contributed by atoms with Crippen LogP contribution in [0.3, 0.4) is 0 Å². The van der Waals surface area contributed by atoms with E-state index in [2.05, 4.69) is 4.98 Å². The van der Waals surface area contributed by atoms with Gasteiger partial charge in [0.05, 0.1) is 22.8 Å². The zero-order valence-electron chi connectivity index (χ0n) is 13.5. The van der Waals surface area contributed by atoms with Crippen molar-refractivity contribution >= 4 is 28.9 Å². The number of hydrogen-bond donors (Lipinski definition) is 1. The largest absolute Gasteiger partial charge is 0.481 e. The van der Waals surface area contributed by atoms with Crippen LogP contribution in [0.25, 0.3) is 11.3 Å². The first-order chi connectivity index (χ1) is 11.5. The van der Waals surface area contributed by atoms with Crippen LogP contribution in [0, 0.1) is 6.92 Å². The van der Waals surface area contributed by atoms with E-state index in [0.29, 0.717) is 17.9 Å². The minimum Gasteiger partial charge on any atom is -0.481 e. The fraction of sp³-hybridized carbons (Fsp3) is 0.353. The molecule has 0 spiro atoms. The Morgan fingerprint density at radius 2 is 2.25 bits per heavy atom. The van der Waals surface area contributed by atoms with Crippen molar-refractivity contribution < 1.29 is 19.4 Å². The van der Waals surface area contributed by atoms with Gasteiger partial charge in [0, 0.05) is 17.5 Å². The zero-order chi connectivity index (χ0) is 17.3. The highest BCUT2D eigenvalue weighted by molar-refractivity contribution is 7.09. The Balaban J connectivity index is 2.00. The summed E-state index contributed by atoms with van der Waals surface area (Å²) >= 11 is 1.56. The average Bonchev–Trinajstić information content (AvgIpc) is 2.99. The third-order valence-corrected chi connectivity index (χ3v) is 4.67. The highest BCUT2D eigenvalue weighted by Gasteiger charge is 2.33. The maximum atomic E-state index is 12.6. The van der Waals surface area contributed by atoms with Crippen molar-refractivity contribution in [1.82, 2.24) is 4.98 Å². The first-order valence-corrected chi connectivity index (χ1v) is 8.64. The molecule has 1 N–H and O–H groups in total. The quantitative estimate of drug-likeness (QED) is 0.900. The molecule has 2 heterocycles. The molecule has 1 atom stereocenters. The Bertz CT molecular complexity index is 787. The molecular formula is C17H18N2O4S. The van der Waals surface area contributed by atoms with Crippen molar-refractivity contribution in [3.63, 3.8) is 0 Å². The molecule has 0 saturated heterocycles. The number of carboxylic acids is 1. The van der Waals surface area contributed by atoms with Gasteiger partial charge in [-0.15, -0.1) is 11.3 Å². The standard InChI is InChI=1S/C17H18N2O4S/c1-3-14-17(22)19(7-6-16(20)21)13-8-11(4-5-15(13)23-14)12-9-24-10(2)18-12/h4-5,8-9,14H,3,6-7H2,1-2H3,(H,20,21). The van der Waals surface area contributed by atoms with E-state index < -0.39 is 12.1 Å². The summed E-state index contributed by atoms with van der Waals surface area (Å²) in [5.74, 6) is -0.532. The van der Waals surface area contributed by atoms with Crippen LogP contribution in [0.4, 0.5) is 5.69 Å². The molecule has 0 bridgehead atoms. The molecule has 2 aromatic rings. The van der Waals surface area contributed by atoms with Crippen LogP contribution in [0.5, 0.6) is 5.75 Å². The molecule has 1 aromatic heterocycles. The molecule has 1 aliphatic heterocycles. The van der Waals surface area contributed by atoms with Gasteiger partial charge in [0.25, 0.3) is 5.91 Å². The number of carbonyl (C=O) groups excluding carboxylic acids is 1. The van der Waals surface area contributed by atoms with Crippen LogP contribution in [0.1, 0.15) is 24.8 Å². The first-order valence-electron chi connectivity index (χ1n) is 7.76. The van der Waals surface area contributed by atoms with Gasteiger partial charge in [0.15, 0.2) is 6.10 Å². The summed E-state index contributed by atoms with van der Waals surface area (Å²) in [5, 5.41) is 11.9. The lowest BCUT2D eigenvalue weighted by Gasteiger charge is -2.34. The van der Waals surface area contributed by atoms with E-state index in [1.165, 1.54) is 4.90 Å². The van der Waals surface area contributed by atoms with Gasteiger partial charge in [-0.1, -0.05) is 6.92 Å². The van der Waals surface area contributed by atoms with Crippen molar-refractivity contribution in [3.05, 3.63) is 28.6 Å². The number of amides is 1. The number of aromatic nitrogens is 1. The Kier molecular flexibility index (Phi) is 4.53. The van der Waals surface area contributed by atoms with Gasteiger partial charge in [-0.2, -0.15) is 0 Å².